The van der Waals surface area contributed by atoms with E-state index in [2.05, 4.69) is 47.1 Å². The summed E-state index contributed by atoms with van der Waals surface area (Å²) in [6, 6.07) is 14.4. The molecule has 4 heteroatoms. The van der Waals surface area contributed by atoms with E-state index in [1.165, 1.54) is 5.56 Å². The number of rotatable bonds is 2. The van der Waals surface area contributed by atoms with Gasteiger partial charge in [0.1, 0.15) is 0 Å². The maximum atomic E-state index is 6.14. The predicted octanol–water partition coefficient (Wildman–Crippen LogP) is 2.98. The molecular formula is C16H18N4. The second-order valence-electron chi connectivity index (χ2n) is 5.18. The minimum absolute atomic E-state index is 0.514. The van der Waals surface area contributed by atoms with Gasteiger partial charge in [0, 0.05) is 14.1 Å². The van der Waals surface area contributed by atoms with E-state index < -0.39 is 0 Å². The van der Waals surface area contributed by atoms with Crippen molar-refractivity contribution < 1.29 is 0 Å². The number of hydrogen-bond donors (Lipinski definition) is 1. The zero-order chi connectivity index (χ0) is 14.3. The van der Waals surface area contributed by atoms with Crippen LogP contribution < -0.4 is 10.6 Å². The van der Waals surface area contributed by atoms with Gasteiger partial charge in [-0.3, -0.25) is 4.57 Å². The standard InChI is InChI=1S/C16H18N4/c1-11-8-9-13-12(10-11)18-16(17)20(13)15-7-5-4-6-14(15)19(2)3/h4-10H,1-3H3,(H2,17,18). The molecule has 0 atom stereocenters. The summed E-state index contributed by atoms with van der Waals surface area (Å²) in [5, 5.41) is 0. The number of nitrogens with two attached hydrogens (primary N) is 1. The highest BCUT2D eigenvalue weighted by Gasteiger charge is 2.13. The molecule has 1 aromatic heterocycles. The van der Waals surface area contributed by atoms with Crippen molar-refractivity contribution >= 4 is 22.7 Å². The molecule has 0 spiro atoms. The second-order valence-corrected chi connectivity index (χ2v) is 5.18. The molecule has 0 saturated heterocycles. The van der Waals surface area contributed by atoms with Crippen LogP contribution in [0.5, 0.6) is 0 Å². The SMILES string of the molecule is Cc1ccc2c(c1)nc(N)n2-c1ccccc1N(C)C. The molecule has 102 valence electrons. The lowest BCUT2D eigenvalue weighted by molar-refractivity contribution is 1.06. The van der Waals surface area contributed by atoms with Crippen LogP contribution in [0.3, 0.4) is 0 Å². The third-order valence-corrected chi connectivity index (χ3v) is 3.44. The van der Waals surface area contributed by atoms with Gasteiger partial charge in [0.2, 0.25) is 5.95 Å². The van der Waals surface area contributed by atoms with E-state index in [1.54, 1.807) is 0 Å². The van der Waals surface area contributed by atoms with E-state index in [0.29, 0.717) is 5.95 Å². The average Bonchev–Trinajstić information content (AvgIpc) is 2.73. The van der Waals surface area contributed by atoms with E-state index >= 15 is 0 Å². The summed E-state index contributed by atoms with van der Waals surface area (Å²) >= 11 is 0. The molecule has 0 aliphatic carbocycles. The summed E-state index contributed by atoms with van der Waals surface area (Å²) < 4.78 is 2.00. The second kappa shape index (κ2) is 4.56. The lowest BCUT2D eigenvalue weighted by atomic mass is 10.2. The smallest absolute Gasteiger partial charge is 0.206 e. The number of benzene rings is 2. The number of hydrogen-bond acceptors (Lipinski definition) is 3. The van der Waals surface area contributed by atoms with Crippen LogP contribution in [0, 0.1) is 6.92 Å². The molecule has 2 N–H and O–H groups in total. The fraction of sp³-hybridized carbons (Fsp3) is 0.188. The van der Waals surface area contributed by atoms with Crippen molar-refractivity contribution in [3.05, 3.63) is 48.0 Å². The number of anilines is 2. The summed E-state index contributed by atoms with van der Waals surface area (Å²) in [5.74, 6) is 0.514. The van der Waals surface area contributed by atoms with Crippen LogP contribution >= 0.6 is 0 Å². The Labute approximate surface area is 118 Å². The number of aromatic nitrogens is 2. The van der Waals surface area contributed by atoms with E-state index in [4.69, 9.17) is 5.73 Å². The Hall–Kier alpha value is -2.49. The number of nitrogen functional groups attached to an aromatic ring is 1. The maximum Gasteiger partial charge on any atom is 0.206 e. The largest absolute Gasteiger partial charge is 0.376 e. The first kappa shape index (κ1) is 12.5. The van der Waals surface area contributed by atoms with Crippen molar-refractivity contribution in [3.8, 4) is 5.69 Å². The quantitative estimate of drug-likeness (QED) is 0.775. The van der Waals surface area contributed by atoms with Gasteiger partial charge in [0.05, 0.1) is 22.4 Å². The Morgan fingerprint density at radius 3 is 2.60 bits per heavy atom. The van der Waals surface area contributed by atoms with Gasteiger partial charge in [-0.05, 0) is 36.8 Å². The Balaban J connectivity index is 2.33. The first-order chi connectivity index (χ1) is 9.58. The number of nitrogens with zero attached hydrogens (tertiary/aromatic N) is 3. The number of imidazole rings is 1. The lowest BCUT2D eigenvalue weighted by Gasteiger charge is -2.18. The molecule has 0 fully saturated rings. The van der Waals surface area contributed by atoms with Crippen LogP contribution in [0.4, 0.5) is 11.6 Å². The molecule has 20 heavy (non-hydrogen) atoms. The van der Waals surface area contributed by atoms with Crippen LogP contribution in [0.15, 0.2) is 42.5 Å². The van der Waals surface area contributed by atoms with Crippen molar-refractivity contribution in [1.29, 1.82) is 0 Å². The number of aryl methyl sites for hydroxylation is 1. The van der Waals surface area contributed by atoms with Gasteiger partial charge in [-0.15, -0.1) is 0 Å². The van der Waals surface area contributed by atoms with Crippen LogP contribution in [0.2, 0.25) is 0 Å². The van der Waals surface area contributed by atoms with Gasteiger partial charge < -0.3 is 10.6 Å². The highest BCUT2D eigenvalue weighted by molar-refractivity contribution is 5.83. The summed E-state index contributed by atoms with van der Waals surface area (Å²) in [6.45, 7) is 2.06. The summed E-state index contributed by atoms with van der Waals surface area (Å²) in [4.78, 5) is 6.55. The zero-order valence-corrected chi connectivity index (χ0v) is 12.0. The Morgan fingerprint density at radius 1 is 1.10 bits per heavy atom. The highest BCUT2D eigenvalue weighted by Crippen LogP contribution is 2.29. The van der Waals surface area contributed by atoms with Gasteiger partial charge in [-0.1, -0.05) is 18.2 Å². The molecule has 3 rings (SSSR count). The van der Waals surface area contributed by atoms with Crippen LogP contribution in [-0.4, -0.2) is 23.6 Å². The molecule has 0 aliphatic rings. The summed E-state index contributed by atoms with van der Waals surface area (Å²) in [6.07, 6.45) is 0. The fourth-order valence-corrected chi connectivity index (χ4v) is 2.49. The molecule has 3 aromatic rings. The summed E-state index contributed by atoms with van der Waals surface area (Å²) in [7, 11) is 4.05. The zero-order valence-electron chi connectivity index (χ0n) is 12.0. The van der Waals surface area contributed by atoms with Crippen molar-refractivity contribution in [3.63, 3.8) is 0 Å². The maximum absolute atomic E-state index is 6.14. The van der Waals surface area contributed by atoms with Crippen LogP contribution in [-0.2, 0) is 0 Å². The number of fused-ring (bicyclic) bond motifs is 1. The molecule has 0 aliphatic heterocycles. The minimum atomic E-state index is 0.514. The van der Waals surface area contributed by atoms with Gasteiger partial charge in [-0.25, -0.2) is 4.98 Å². The van der Waals surface area contributed by atoms with Crippen molar-refractivity contribution in [2.75, 3.05) is 24.7 Å². The van der Waals surface area contributed by atoms with E-state index in [1.807, 2.05) is 30.8 Å². The van der Waals surface area contributed by atoms with E-state index in [9.17, 15) is 0 Å². The Kier molecular flexibility index (Phi) is 2.86. The molecule has 1 heterocycles. The van der Waals surface area contributed by atoms with Crippen molar-refractivity contribution in [2.24, 2.45) is 0 Å². The highest BCUT2D eigenvalue weighted by atomic mass is 15.2. The van der Waals surface area contributed by atoms with Crippen molar-refractivity contribution in [2.45, 2.75) is 6.92 Å². The molecule has 0 radical (unpaired) electrons. The lowest BCUT2D eigenvalue weighted by Crippen LogP contribution is -2.13. The van der Waals surface area contributed by atoms with Crippen LogP contribution in [0.1, 0.15) is 5.56 Å². The molecule has 2 aromatic carbocycles. The minimum Gasteiger partial charge on any atom is -0.376 e. The topological polar surface area (TPSA) is 47.1 Å². The Bertz CT molecular complexity index is 771. The molecular weight excluding hydrogens is 248 g/mol. The van der Waals surface area contributed by atoms with Crippen molar-refractivity contribution in [1.82, 2.24) is 9.55 Å². The fourth-order valence-electron chi connectivity index (χ4n) is 2.49. The third-order valence-electron chi connectivity index (χ3n) is 3.44. The monoisotopic (exact) mass is 266 g/mol. The van der Waals surface area contributed by atoms with Gasteiger partial charge >= 0.3 is 0 Å². The third kappa shape index (κ3) is 1.90. The Morgan fingerprint density at radius 2 is 1.85 bits per heavy atom. The normalized spacial score (nSPS) is 10.9. The predicted molar refractivity (Wildman–Crippen MR) is 84.5 cm³/mol. The van der Waals surface area contributed by atoms with E-state index in [-0.39, 0.29) is 0 Å². The average molecular weight is 266 g/mol. The van der Waals surface area contributed by atoms with Gasteiger partial charge in [-0.2, -0.15) is 0 Å². The van der Waals surface area contributed by atoms with Gasteiger partial charge in [0.25, 0.3) is 0 Å². The molecule has 0 saturated carbocycles. The molecule has 0 amide bonds. The first-order valence-electron chi connectivity index (χ1n) is 6.59. The summed E-state index contributed by atoms with van der Waals surface area (Å²) in [5.41, 5.74) is 11.4. The molecule has 0 unspecified atom stereocenters. The van der Waals surface area contributed by atoms with Crippen LogP contribution in [0.25, 0.3) is 16.7 Å². The molecule has 0 bridgehead atoms. The van der Waals surface area contributed by atoms with Gasteiger partial charge in [0.15, 0.2) is 0 Å². The first-order valence-corrected chi connectivity index (χ1v) is 6.59. The number of para-hydroxylation sites is 2. The molecule has 4 nitrogen and oxygen atoms in total. The van der Waals surface area contributed by atoms with E-state index in [0.717, 1.165) is 22.4 Å².